The summed E-state index contributed by atoms with van der Waals surface area (Å²) in [5.41, 5.74) is 2.56. The van der Waals surface area contributed by atoms with Crippen LogP contribution in [0.3, 0.4) is 0 Å². The number of hydrogen-bond acceptors (Lipinski definition) is 3. The molecule has 0 saturated carbocycles. The van der Waals surface area contributed by atoms with Crippen LogP contribution in [0.5, 0.6) is 11.5 Å². The molecule has 1 aliphatic rings. The highest BCUT2D eigenvalue weighted by atomic mass is 79.9. The zero-order chi connectivity index (χ0) is 14.1. The summed E-state index contributed by atoms with van der Waals surface area (Å²) in [6.45, 7) is 2.62. The number of rotatable bonds is 3. The second kappa shape index (κ2) is 5.32. The van der Waals surface area contributed by atoms with E-state index < -0.39 is 0 Å². The van der Waals surface area contributed by atoms with E-state index in [2.05, 4.69) is 21.2 Å². The first-order valence-corrected chi connectivity index (χ1v) is 7.01. The van der Waals surface area contributed by atoms with Crippen molar-refractivity contribution in [3.8, 4) is 11.5 Å². The van der Waals surface area contributed by atoms with Crippen LogP contribution in [-0.2, 0) is 6.54 Å². The first kappa shape index (κ1) is 13.2. The highest BCUT2D eigenvalue weighted by Gasteiger charge is 2.16. The number of fused-ring (bicyclic) bond motifs is 1. The molecule has 0 fully saturated rings. The fourth-order valence-corrected chi connectivity index (χ4v) is 2.51. The van der Waals surface area contributed by atoms with Gasteiger partial charge in [-0.15, -0.1) is 0 Å². The molecule has 1 heterocycles. The first-order valence-electron chi connectivity index (χ1n) is 6.21. The molecule has 20 heavy (non-hydrogen) atoms. The van der Waals surface area contributed by atoms with Crippen molar-refractivity contribution in [2.24, 2.45) is 0 Å². The summed E-state index contributed by atoms with van der Waals surface area (Å²) >= 11 is 3.51. The molecular weight excluding hydrogens is 325 g/mol. The molecule has 3 rings (SSSR count). The number of aryl methyl sites for hydroxylation is 1. The summed E-state index contributed by atoms with van der Waals surface area (Å²) in [5, 5.41) is 3.27. The molecule has 0 unspecified atom stereocenters. The van der Waals surface area contributed by atoms with E-state index in [0.717, 1.165) is 27.2 Å². The maximum atomic E-state index is 13.2. The van der Waals surface area contributed by atoms with Gasteiger partial charge in [-0.3, -0.25) is 0 Å². The summed E-state index contributed by atoms with van der Waals surface area (Å²) in [6, 6.07) is 8.82. The topological polar surface area (TPSA) is 30.5 Å². The van der Waals surface area contributed by atoms with Crippen molar-refractivity contribution >= 4 is 21.6 Å². The molecule has 5 heteroatoms. The molecular formula is C15H13BrFNO2. The highest BCUT2D eigenvalue weighted by molar-refractivity contribution is 9.10. The summed E-state index contributed by atoms with van der Waals surface area (Å²) in [5.74, 6) is 1.30. The van der Waals surface area contributed by atoms with Crippen LogP contribution in [0.15, 0.2) is 34.8 Å². The Morgan fingerprint density at radius 3 is 2.70 bits per heavy atom. The van der Waals surface area contributed by atoms with E-state index >= 15 is 0 Å². The molecule has 0 aliphatic carbocycles. The van der Waals surface area contributed by atoms with Gasteiger partial charge >= 0.3 is 0 Å². The minimum absolute atomic E-state index is 0.195. The predicted molar refractivity (Wildman–Crippen MR) is 78.7 cm³/mol. The lowest BCUT2D eigenvalue weighted by atomic mass is 10.1. The van der Waals surface area contributed by atoms with Gasteiger partial charge in [0.2, 0.25) is 6.79 Å². The van der Waals surface area contributed by atoms with Gasteiger partial charge in [-0.2, -0.15) is 0 Å². The van der Waals surface area contributed by atoms with Gasteiger partial charge in [-0.1, -0.05) is 15.9 Å². The molecule has 0 bridgehead atoms. The summed E-state index contributed by atoms with van der Waals surface area (Å²) in [7, 11) is 0. The third-order valence-corrected chi connectivity index (χ3v) is 3.92. The second-order valence-electron chi connectivity index (χ2n) is 4.61. The molecule has 2 aromatic rings. The molecule has 1 N–H and O–H groups in total. The van der Waals surface area contributed by atoms with Crippen molar-refractivity contribution in [1.29, 1.82) is 0 Å². The Bertz CT molecular complexity index is 661. The molecule has 0 aromatic heterocycles. The Kier molecular flexibility index (Phi) is 3.53. The zero-order valence-electron chi connectivity index (χ0n) is 10.9. The molecule has 3 nitrogen and oxygen atoms in total. The van der Waals surface area contributed by atoms with Crippen LogP contribution >= 0.6 is 15.9 Å². The Morgan fingerprint density at radius 1 is 1.20 bits per heavy atom. The molecule has 0 radical (unpaired) electrons. The molecule has 1 aliphatic heterocycles. The van der Waals surface area contributed by atoms with Gasteiger partial charge in [0.1, 0.15) is 5.82 Å². The third kappa shape index (κ3) is 2.58. The maximum absolute atomic E-state index is 13.2. The normalized spacial score (nSPS) is 12.6. The largest absolute Gasteiger partial charge is 0.454 e. The van der Waals surface area contributed by atoms with E-state index in [0.29, 0.717) is 12.1 Å². The van der Waals surface area contributed by atoms with Crippen LogP contribution in [0.1, 0.15) is 11.1 Å². The lowest BCUT2D eigenvalue weighted by Gasteiger charge is -2.10. The SMILES string of the molecule is Cc1cc(NCc2cc3c(cc2Br)OCO3)ccc1F. The van der Waals surface area contributed by atoms with Gasteiger partial charge < -0.3 is 14.8 Å². The van der Waals surface area contributed by atoms with E-state index in [9.17, 15) is 4.39 Å². The standard InChI is InChI=1S/C15H13BrFNO2/c1-9-4-11(2-3-13(9)17)18-7-10-5-14-15(6-12(10)16)20-8-19-14/h2-6,18H,7-8H2,1H3. The second-order valence-corrected chi connectivity index (χ2v) is 5.47. The van der Waals surface area contributed by atoms with Crippen LogP contribution in [0.4, 0.5) is 10.1 Å². The smallest absolute Gasteiger partial charge is 0.231 e. The van der Waals surface area contributed by atoms with E-state index in [-0.39, 0.29) is 12.6 Å². The van der Waals surface area contributed by atoms with Crippen LogP contribution in [0.2, 0.25) is 0 Å². The van der Waals surface area contributed by atoms with Crippen molar-refractivity contribution in [1.82, 2.24) is 0 Å². The first-order chi connectivity index (χ1) is 9.63. The van der Waals surface area contributed by atoms with Crippen molar-refractivity contribution < 1.29 is 13.9 Å². The number of benzene rings is 2. The van der Waals surface area contributed by atoms with Crippen LogP contribution < -0.4 is 14.8 Å². The van der Waals surface area contributed by atoms with Crippen LogP contribution in [0.25, 0.3) is 0 Å². The highest BCUT2D eigenvalue weighted by Crippen LogP contribution is 2.37. The predicted octanol–water partition coefficient (Wildman–Crippen LogP) is 4.24. The fraction of sp³-hybridized carbons (Fsp3) is 0.200. The molecule has 0 spiro atoms. The van der Waals surface area contributed by atoms with Crippen molar-refractivity contribution in [3.63, 3.8) is 0 Å². The number of ether oxygens (including phenoxy) is 2. The fourth-order valence-electron chi connectivity index (χ4n) is 2.05. The minimum atomic E-state index is -0.195. The molecule has 104 valence electrons. The summed E-state index contributed by atoms with van der Waals surface area (Å²) in [6.07, 6.45) is 0. The van der Waals surface area contributed by atoms with Gasteiger partial charge in [-0.05, 0) is 48.4 Å². The van der Waals surface area contributed by atoms with Gasteiger partial charge in [-0.25, -0.2) is 4.39 Å². The lowest BCUT2D eigenvalue weighted by Crippen LogP contribution is -2.01. The van der Waals surface area contributed by atoms with E-state index in [1.165, 1.54) is 6.07 Å². The van der Waals surface area contributed by atoms with E-state index in [4.69, 9.17) is 9.47 Å². The average Bonchev–Trinajstić information content (AvgIpc) is 2.87. The van der Waals surface area contributed by atoms with Gasteiger partial charge in [0.15, 0.2) is 11.5 Å². The van der Waals surface area contributed by atoms with Gasteiger partial charge in [0, 0.05) is 16.7 Å². The van der Waals surface area contributed by atoms with E-state index in [1.807, 2.05) is 12.1 Å². The van der Waals surface area contributed by atoms with E-state index in [1.54, 1.807) is 19.1 Å². The monoisotopic (exact) mass is 337 g/mol. The van der Waals surface area contributed by atoms with Crippen molar-refractivity contribution in [2.45, 2.75) is 13.5 Å². The van der Waals surface area contributed by atoms with Crippen LogP contribution in [0, 0.1) is 12.7 Å². The number of anilines is 1. The van der Waals surface area contributed by atoms with Gasteiger partial charge in [0.25, 0.3) is 0 Å². The molecule has 0 amide bonds. The summed E-state index contributed by atoms with van der Waals surface area (Å²) < 4.78 is 24.8. The van der Waals surface area contributed by atoms with Crippen molar-refractivity contribution in [3.05, 3.63) is 51.7 Å². The van der Waals surface area contributed by atoms with Crippen molar-refractivity contribution in [2.75, 3.05) is 12.1 Å². The Labute approximate surface area is 124 Å². The zero-order valence-corrected chi connectivity index (χ0v) is 12.5. The molecule has 0 atom stereocenters. The minimum Gasteiger partial charge on any atom is -0.454 e. The Morgan fingerprint density at radius 2 is 1.95 bits per heavy atom. The number of hydrogen-bond donors (Lipinski definition) is 1. The Hall–Kier alpha value is -1.75. The summed E-state index contributed by atoms with van der Waals surface area (Å²) in [4.78, 5) is 0. The van der Waals surface area contributed by atoms with Crippen LogP contribution in [-0.4, -0.2) is 6.79 Å². The third-order valence-electron chi connectivity index (χ3n) is 3.18. The molecule has 2 aromatic carbocycles. The molecule has 0 saturated heterocycles. The quantitative estimate of drug-likeness (QED) is 0.908. The van der Waals surface area contributed by atoms with Gasteiger partial charge in [0.05, 0.1) is 0 Å². The Balaban J connectivity index is 1.76. The average molecular weight is 338 g/mol. The lowest BCUT2D eigenvalue weighted by molar-refractivity contribution is 0.174. The maximum Gasteiger partial charge on any atom is 0.231 e. The number of halogens is 2. The number of nitrogens with one attached hydrogen (secondary N) is 1.